The van der Waals surface area contributed by atoms with Crippen LogP contribution in [-0.4, -0.2) is 4.98 Å². The van der Waals surface area contributed by atoms with Gasteiger partial charge in [0, 0.05) is 48.3 Å². The number of aromatic nitrogens is 1. The molecular formula is C32H21NS. The van der Waals surface area contributed by atoms with E-state index in [9.17, 15) is 0 Å². The molecule has 1 N–H and O–H groups in total. The Balaban J connectivity index is 1.42. The van der Waals surface area contributed by atoms with Crippen LogP contribution in [-0.2, 0) is 6.42 Å². The summed E-state index contributed by atoms with van der Waals surface area (Å²) in [7, 11) is 0. The minimum atomic E-state index is 0.333. The minimum absolute atomic E-state index is 0.333. The molecule has 1 nitrogen and oxygen atoms in total. The Morgan fingerprint density at radius 2 is 1.41 bits per heavy atom. The second kappa shape index (κ2) is 6.82. The molecule has 5 aromatic carbocycles. The molecule has 0 aliphatic heterocycles. The van der Waals surface area contributed by atoms with Gasteiger partial charge in [0.25, 0.3) is 0 Å². The Hall–Kier alpha value is -3.88. The maximum atomic E-state index is 3.83. The SMILES string of the molecule is c1ccc2c(c1)-c1c([nH]c3ccc4ccccc4c13)CC2c1cccc2c1sc1ccccc12. The molecular weight excluding hydrogens is 430 g/mol. The van der Waals surface area contributed by atoms with E-state index >= 15 is 0 Å². The third kappa shape index (κ3) is 2.44. The van der Waals surface area contributed by atoms with Crippen LogP contribution in [0.15, 0.2) is 103 Å². The molecule has 2 aromatic heterocycles. The lowest BCUT2D eigenvalue weighted by molar-refractivity contribution is 0.786. The highest BCUT2D eigenvalue weighted by Gasteiger charge is 2.30. The summed E-state index contributed by atoms with van der Waals surface area (Å²) in [5.74, 6) is 0.333. The van der Waals surface area contributed by atoms with Gasteiger partial charge >= 0.3 is 0 Å². The van der Waals surface area contributed by atoms with Gasteiger partial charge in [-0.3, -0.25) is 0 Å². The third-order valence-electron chi connectivity index (χ3n) is 7.59. The molecule has 2 heteroatoms. The average molecular weight is 452 g/mol. The molecule has 0 amide bonds. The quantitative estimate of drug-likeness (QED) is 0.256. The van der Waals surface area contributed by atoms with Gasteiger partial charge in [0.2, 0.25) is 0 Å². The van der Waals surface area contributed by atoms with Gasteiger partial charge in [-0.15, -0.1) is 11.3 Å². The van der Waals surface area contributed by atoms with Crippen LogP contribution in [0.5, 0.6) is 0 Å². The lowest BCUT2D eigenvalue weighted by atomic mass is 9.77. The summed E-state index contributed by atoms with van der Waals surface area (Å²) in [6.07, 6.45) is 0.989. The molecule has 0 saturated carbocycles. The van der Waals surface area contributed by atoms with E-state index in [-0.39, 0.29) is 0 Å². The fourth-order valence-corrected chi connectivity index (χ4v) is 7.41. The van der Waals surface area contributed by atoms with Crippen LogP contribution in [0.4, 0.5) is 0 Å². The zero-order chi connectivity index (χ0) is 22.2. The number of fused-ring (bicyclic) bond motifs is 10. The summed E-state index contributed by atoms with van der Waals surface area (Å²) in [6, 6.07) is 38.0. The van der Waals surface area contributed by atoms with E-state index < -0.39 is 0 Å². The van der Waals surface area contributed by atoms with Crippen molar-refractivity contribution in [2.24, 2.45) is 0 Å². The van der Waals surface area contributed by atoms with Crippen molar-refractivity contribution in [1.29, 1.82) is 0 Å². The van der Waals surface area contributed by atoms with E-state index in [2.05, 4.69) is 108 Å². The topological polar surface area (TPSA) is 15.8 Å². The molecule has 1 aliphatic carbocycles. The van der Waals surface area contributed by atoms with Crippen molar-refractivity contribution in [3.05, 3.63) is 120 Å². The highest BCUT2D eigenvalue weighted by atomic mass is 32.1. The van der Waals surface area contributed by atoms with Crippen molar-refractivity contribution < 1.29 is 0 Å². The van der Waals surface area contributed by atoms with Crippen molar-refractivity contribution in [2.75, 3.05) is 0 Å². The first-order chi connectivity index (χ1) is 16.9. The van der Waals surface area contributed by atoms with E-state index in [0.29, 0.717) is 5.92 Å². The molecule has 1 unspecified atom stereocenters. The predicted molar refractivity (Wildman–Crippen MR) is 146 cm³/mol. The molecule has 0 saturated heterocycles. The number of nitrogens with one attached hydrogen (secondary N) is 1. The van der Waals surface area contributed by atoms with Gasteiger partial charge in [-0.1, -0.05) is 91.0 Å². The first kappa shape index (κ1) is 18.5. The summed E-state index contributed by atoms with van der Waals surface area (Å²) in [5.41, 5.74) is 8.23. The van der Waals surface area contributed by atoms with Crippen molar-refractivity contribution in [3.8, 4) is 11.1 Å². The van der Waals surface area contributed by atoms with E-state index in [1.54, 1.807) is 0 Å². The van der Waals surface area contributed by atoms with Crippen LogP contribution >= 0.6 is 11.3 Å². The Kier molecular flexibility index (Phi) is 3.72. The molecule has 1 aliphatic rings. The van der Waals surface area contributed by atoms with E-state index in [0.717, 1.165) is 6.42 Å². The molecule has 0 bridgehead atoms. The Labute approximate surface area is 201 Å². The van der Waals surface area contributed by atoms with Crippen molar-refractivity contribution in [2.45, 2.75) is 12.3 Å². The monoisotopic (exact) mass is 451 g/mol. The Morgan fingerprint density at radius 3 is 2.38 bits per heavy atom. The first-order valence-electron chi connectivity index (χ1n) is 11.9. The normalized spacial score (nSPS) is 15.2. The van der Waals surface area contributed by atoms with Gasteiger partial charge in [-0.05, 0) is 46.0 Å². The minimum Gasteiger partial charge on any atom is -0.358 e. The Bertz CT molecular complexity index is 1900. The number of rotatable bonds is 1. The van der Waals surface area contributed by atoms with Gasteiger partial charge in [-0.25, -0.2) is 0 Å². The number of hydrogen-bond donors (Lipinski definition) is 1. The van der Waals surface area contributed by atoms with Crippen LogP contribution in [0.3, 0.4) is 0 Å². The molecule has 160 valence electrons. The number of hydrogen-bond acceptors (Lipinski definition) is 1. The molecule has 34 heavy (non-hydrogen) atoms. The largest absolute Gasteiger partial charge is 0.358 e. The first-order valence-corrected chi connectivity index (χ1v) is 12.7. The number of thiophene rings is 1. The van der Waals surface area contributed by atoms with Crippen LogP contribution in [0.1, 0.15) is 22.7 Å². The summed E-state index contributed by atoms with van der Waals surface area (Å²) in [5, 5.41) is 6.73. The van der Waals surface area contributed by atoms with Crippen molar-refractivity contribution >= 4 is 53.2 Å². The third-order valence-corrected chi connectivity index (χ3v) is 8.83. The highest BCUT2D eigenvalue weighted by Crippen LogP contribution is 2.49. The van der Waals surface area contributed by atoms with Gasteiger partial charge in [0.05, 0.1) is 0 Å². The van der Waals surface area contributed by atoms with Crippen LogP contribution in [0, 0.1) is 0 Å². The van der Waals surface area contributed by atoms with Crippen molar-refractivity contribution in [3.63, 3.8) is 0 Å². The van der Waals surface area contributed by atoms with E-state index in [1.165, 1.54) is 69.8 Å². The van der Waals surface area contributed by atoms with Gasteiger partial charge in [-0.2, -0.15) is 0 Å². The molecule has 2 heterocycles. The summed E-state index contributed by atoms with van der Waals surface area (Å²) in [6.45, 7) is 0. The zero-order valence-electron chi connectivity index (χ0n) is 18.5. The molecule has 8 rings (SSSR count). The average Bonchev–Trinajstić information content (AvgIpc) is 3.47. The zero-order valence-corrected chi connectivity index (χ0v) is 19.3. The number of aromatic amines is 1. The fourth-order valence-electron chi connectivity index (χ4n) is 6.13. The summed E-state index contributed by atoms with van der Waals surface area (Å²) in [4.78, 5) is 3.83. The molecule has 0 spiro atoms. The van der Waals surface area contributed by atoms with Crippen LogP contribution < -0.4 is 0 Å². The molecule has 0 radical (unpaired) electrons. The van der Waals surface area contributed by atoms with E-state index in [1.807, 2.05) is 11.3 Å². The summed E-state index contributed by atoms with van der Waals surface area (Å²) >= 11 is 1.93. The standard InChI is InChI=1S/C32H21NS/c1-2-9-20-19(8-1)16-17-27-30(20)31-23-12-4-3-10-21(23)26(18-28(31)33-27)25-14-7-13-24-22-11-5-6-15-29(22)34-32(24)25/h1-17,26,33H,18H2. The maximum absolute atomic E-state index is 3.83. The molecule has 1 atom stereocenters. The molecule has 0 fully saturated rings. The smallest absolute Gasteiger partial charge is 0.0469 e. The molecule has 7 aromatic rings. The number of benzene rings is 5. The lowest BCUT2D eigenvalue weighted by Crippen LogP contribution is -2.12. The Morgan fingerprint density at radius 1 is 0.647 bits per heavy atom. The second-order valence-corrected chi connectivity index (χ2v) is 10.4. The van der Waals surface area contributed by atoms with Crippen LogP contribution in [0.2, 0.25) is 0 Å². The summed E-state index contributed by atoms with van der Waals surface area (Å²) < 4.78 is 2.79. The van der Waals surface area contributed by atoms with Gasteiger partial charge < -0.3 is 4.98 Å². The predicted octanol–water partition coefficient (Wildman–Crippen LogP) is 9.04. The van der Waals surface area contributed by atoms with Crippen molar-refractivity contribution in [1.82, 2.24) is 4.98 Å². The second-order valence-electron chi connectivity index (χ2n) is 9.35. The fraction of sp³-hybridized carbons (Fsp3) is 0.0625. The maximum Gasteiger partial charge on any atom is 0.0469 e. The van der Waals surface area contributed by atoms with E-state index in [4.69, 9.17) is 0 Å². The number of H-pyrrole nitrogens is 1. The van der Waals surface area contributed by atoms with Gasteiger partial charge in [0.15, 0.2) is 0 Å². The highest BCUT2D eigenvalue weighted by molar-refractivity contribution is 7.26. The lowest BCUT2D eigenvalue weighted by Gasteiger charge is -2.27. The van der Waals surface area contributed by atoms with Gasteiger partial charge in [0.1, 0.15) is 0 Å². The van der Waals surface area contributed by atoms with Crippen LogP contribution in [0.25, 0.3) is 53.0 Å².